The molecule has 0 spiro atoms. The van der Waals surface area contributed by atoms with E-state index in [9.17, 15) is 0 Å². The molecule has 0 saturated heterocycles. The zero-order valence-corrected chi connectivity index (χ0v) is 11.4. The van der Waals surface area contributed by atoms with Crippen LogP contribution in [0.1, 0.15) is 22.0 Å². The fourth-order valence-corrected chi connectivity index (χ4v) is 3.00. The minimum absolute atomic E-state index is 0.0227. The van der Waals surface area contributed by atoms with E-state index in [4.69, 9.17) is 5.84 Å². The second-order valence-electron chi connectivity index (χ2n) is 4.55. The lowest BCUT2D eigenvalue weighted by molar-refractivity contribution is 0.639. The van der Waals surface area contributed by atoms with E-state index in [0.717, 1.165) is 16.5 Å². The van der Waals surface area contributed by atoms with E-state index < -0.39 is 0 Å². The standard InChI is InChI=1S/C15H15N3S/c1-10-7-13(9-19-10)15(18-16)12-4-5-14-11(8-12)3-2-6-17-14/h2-9,15,18H,16H2,1H3. The van der Waals surface area contributed by atoms with Gasteiger partial charge in [0.15, 0.2) is 0 Å². The van der Waals surface area contributed by atoms with Gasteiger partial charge in [-0.15, -0.1) is 11.3 Å². The number of fused-ring (bicyclic) bond motifs is 1. The number of hydrogen-bond acceptors (Lipinski definition) is 4. The van der Waals surface area contributed by atoms with E-state index in [0.29, 0.717) is 0 Å². The van der Waals surface area contributed by atoms with Crippen molar-refractivity contribution in [2.75, 3.05) is 0 Å². The van der Waals surface area contributed by atoms with Crippen LogP contribution in [0.2, 0.25) is 0 Å². The molecule has 3 N–H and O–H groups in total. The summed E-state index contributed by atoms with van der Waals surface area (Å²) in [5.74, 6) is 5.73. The van der Waals surface area contributed by atoms with Crippen LogP contribution in [0.3, 0.4) is 0 Å². The number of pyridine rings is 1. The molecule has 2 heterocycles. The molecule has 0 saturated carbocycles. The molecule has 1 aromatic carbocycles. The lowest BCUT2D eigenvalue weighted by atomic mass is 10.00. The van der Waals surface area contributed by atoms with Gasteiger partial charge in [-0.3, -0.25) is 10.8 Å². The Morgan fingerprint density at radius 3 is 2.84 bits per heavy atom. The Bertz CT molecular complexity index is 705. The van der Waals surface area contributed by atoms with Gasteiger partial charge < -0.3 is 0 Å². The number of thiophene rings is 1. The molecule has 2 aromatic heterocycles. The third-order valence-electron chi connectivity index (χ3n) is 3.21. The third-order valence-corrected chi connectivity index (χ3v) is 4.09. The number of hydrogen-bond donors (Lipinski definition) is 2. The van der Waals surface area contributed by atoms with Gasteiger partial charge in [0, 0.05) is 16.5 Å². The number of rotatable bonds is 3. The summed E-state index contributed by atoms with van der Waals surface area (Å²) in [5.41, 5.74) is 6.26. The summed E-state index contributed by atoms with van der Waals surface area (Å²) in [4.78, 5) is 5.62. The summed E-state index contributed by atoms with van der Waals surface area (Å²) in [6.45, 7) is 2.10. The second kappa shape index (κ2) is 5.09. The van der Waals surface area contributed by atoms with Crippen molar-refractivity contribution in [1.82, 2.24) is 10.4 Å². The van der Waals surface area contributed by atoms with Crippen LogP contribution in [0, 0.1) is 6.92 Å². The number of hydrazine groups is 1. The molecule has 3 rings (SSSR count). The molecule has 1 atom stereocenters. The molecule has 3 nitrogen and oxygen atoms in total. The predicted octanol–water partition coefficient (Wildman–Crippen LogP) is 3.16. The summed E-state index contributed by atoms with van der Waals surface area (Å²) in [6.07, 6.45) is 1.81. The third kappa shape index (κ3) is 2.38. The van der Waals surface area contributed by atoms with Crippen LogP contribution in [0.25, 0.3) is 10.9 Å². The second-order valence-corrected chi connectivity index (χ2v) is 5.66. The van der Waals surface area contributed by atoms with Crippen LogP contribution in [-0.4, -0.2) is 4.98 Å². The number of nitrogens with two attached hydrogens (primary N) is 1. The first-order valence-corrected chi connectivity index (χ1v) is 7.02. The van der Waals surface area contributed by atoms with Crippen molar-refractivity contribution in [2.24, 2.45) is 5.84 Å². The summed E-state index contributed by atoms with van der Waals surface area (Å²) < 4.78 is 0. The van der Waals surface area contributed by atoms with Gasteiger partial charge in [0.25, 0.3) is 0 Å². The van der Waals surface area contributed by atoms with Crippen molar-refractivity contribution in [3.05, 3.63) is 64.0 Å². The van der Waals surface area contributed by atoms with E-state index in [2.05, 4.69) is 47.0 Å². The normalized spacial score (nSPS) is 12.7. The summed E-state index contributed by atoms with van der Waals surface area (Å²) >= 11 is 1.74. The van der Waals surface area contributed by atoms with Crippen LogP contribution < -0.4 is 11.3 Å². The van der Waals surface area contributed by atoms with Crippen LogP contribution in [-0.2, 0) is 0 Å². The van der Waals surface area contributed by atoms with Crippen LogP contribution in [0.15, 0.2) is 48.0 Å². The lowest BCUT2D eigenvalue weighted by Crippen LogP contribution is -2.28. The Morgan fingerprint density at radius 2 is 2.11 bits per heavy atom. The van der Waals surface area contributed by atoms with E-state index in [1.165, 1.54) is 10.4 Å². The van der Waals surface area contributed by atoms with Crippen molar-refractivity contribution in [1.29, 1.82) is 0 Å². The molecule has 0 amide bonds. The smallest absolute Gasteiger partial charge is 0.0718 e. The predicted molar refractivity (Wildman–Crippen MR) is 80.0 cm³/mol. The van der Waals surface area contributed by atoms with Crippen molar-refractivity contribution in [3.63, 3.8) is 0 Å². The van der Waals surface area contributed by atoms with Crippen LogP contribution >= 0.6 is 11.3 Å². The van der Waals surface area contributed by atoms with Gasteiger partial charge in [0.1, 0.15) is 0 Å². The highest BCUT2D eigenvalue weighted by molar-refractivity contribution is 7.10. The molecule has 0 aliphatic heterocycles. The maximum atomic E-state index is 5.73. The number of aryl methyl sites for hydroxylation is 1. The van der Waals surface area contributed by atoms with Gasteiger partial charge in [-0.05, 0) is 47.7 Å². The highest BCUT2D eigenvalue weighted by Gasteiger charge is 2.14. The SMILES string of the molecule is Cc1cc(C(NN)c2ccc3ncccc3c2)cs1. The fraction of sp³-hybridized carbons (Fsp3) is 0.133. The largest absolute Gasteiger partial charge is 0.271 e. The zero-order chi connectivity index (χ0) is 13.2. The molecule has 96 valence electrons. The van der Waals surface area contributed by atoms with E-state index in [1.54, 1.807) is 11.3 Å². The number of aromatic nitrogens is 1. The first kappa shape index (κ1) is 12.3. The number of nitrogens with one attached hydrogen (secondary N) is 1. The molecule has 0 aliphatic rings. The van der Waals surface area contributed by atoms with Crippen molar-refractivity contribution in [3.8, 4) is 0 Å². The molecule has 3 aromatic rings. The van der Waals surface area contributed by atoms with Gasteiger partial charge in [0.05, 0.1) is 11.6 Å². The van der Waals surface area contributed by atoms with Crippen molar-refractivity contribution < 1.29 is 0 Å². The van der Waals surface area contributed by atoms with E-state index >= 15 is 0 Å². The highest BCUT2D eigenvalue weighted by atomic mass is 32.1. The number of nitrogens with zero attached hydrogens (tertiary/aromatic N) is 1. The topological polar surface area (TPSA) is 50.9 Å². The minimum Gasteiger partial charge on any atom is -0.271 e. The summed E-state index contributed by atoms with van der Waals surface area (Å²) in [7, 11) is 0. The molecular formula is C15H15N3S. The Kier molecular flexibility index (Phi) is 3.29. The molecule has 1 unspecified atom stereocenters. The van der Waals surface area contributed by atoms with Gasteiger partial charge in [-0.25, -0.2) is 5.43 Å². The maximum Gasteiger partial charge on any atom is 0.0718 e. The molecule has 4 heteroatoms. The molecule has 19 heavy (non-hydrogen) atoms. The maximum absolute atomic E-state index is 5.73. The quantitative estimate of drug-likeness (QED) is 0.567. The Labute approximate surface area is 116 Å². The monoisotopic (exact) mass is 269 g/mol. The molecular weight excluding hydrogens is 254 g/mol. The fourth-order valence-electron chi connectivity index (χ4n) is 2.27. The molecule has 0 fully saturated rings. The Morgan fingerprint density at radius 1 is 1.21 bits per heavy atom. The van der Waals surface area contributed by atoms with Crippen LogP contribution in [0.4, 0.5) is 0 Å². The van der Waals surface area contributed by atoms with Gasteiger partial charge in [-0.1, -0.05) is 12.1 Å². The van der Waals surface area contributed by atoms with Gasteiger partial charge in [0.2, 0.25) is 0 Å². The average molecular weight is 269 g/mol. The van der Waals surface area contributed by atoms with Gasteiger partial charge in [-0.2, -0.15) is 0 Å². The first-order chi connectivity index (χ1) is 9.28. The average Bonchev–Trinajstić information content (AvgIpc) is 2.86. The Hall–Kier alpha value is -1.75. The summed E-state index contributed by atoms with van der Waals surface area (Å²) in [6, 6.07) is 12.5. The molecule has 0 bridgehead atoms. The van der Waals surface area contributed by atoms with Crippen molar-refractivity contribution in [2.45, 2.75) is 13.0 Å². The Balaban J connectivity index is 2.06. The lowest BCUT2D eigenvalue weighted by Gasteiger charge is -2.15. The summed E-state index contributed by atoms with van der Waals surface area (Å²) in [5, 5.41) is 3.28. The first-order valence-electron chi connectivity index (χ1n) is 6.14. The van der Waals surface area contributed by atoms with E-state index in [1.807, 2.05) is 18.3 Å². The number of benzene rings is 1. The molecule has 0 aliphatic carbocycles. The van der Waals surface area contributed by atoms with Crippen molar-refractivity contribution >= 4 is 22.2 Å². The van der Waals surface area contributed by atoms with E-state index in [-0.39, 0.29) is 6.04 Å². The highest BCUT2D eigenvalue weighted by Crippen LogP contribution is 2.27. The van der Waals surface area contributed by atoms with Gasteiger partial charge >= 0.3 is 0 Å². The zero-order valence-electron chi connectivity index (χ0n) is 10.6. The minimum atomic E-state index is 0.0227. The van der Waals surface area contributed by atoms with Crippen LogP contribution in [0.5, 0.6) is 0 Å². The molecule has 0 radical (unpaired) electrons.